The van der Waals surface area contributed by atoms with Gasteiger partial charge < -0.3 is 9.88 Å². The van der Waals surface area contributed by atoms with Crippen molar-refractivity contribution in [2.24, 2.45) is 0 Å². The summed E-state index contributed by atoms with van der Waals surface area (Å²) in [6.45, 7) is 0.350. The third-order valence-electron chi connectivity index (χ3n) is 6.99. The van der Waals surface area contributed by atoms with Crippen molar-refractivity contribution < 1.29 is 26.7 Å². The van der Waals surface area contributed by atoms with Crippen LogP contribution >= 0.6 is 0 Å². The molecule has 1 aliphatic rings. The van der Waals surface area contributed by atoms with Gasteiger partial charge in [-0.05, 0) is 43.2 Å². The number of hydrogen-bond acceptors (Lipinski definition) is 4. The second kappa shape index (κ2) is 9.74. The summed E-state index contributed by atoms with van der Waals surface area (Å²) >= 11 is 0. The number of likely N-dealkylation sites (tertiary alicyclic amines) is 1. The van der Waals surface area contributed by atoms with Gasteiger partial charge >= 0.3 is 5.69 Å². The van der Waals surface area contributed by atoms with Gasteiger partial charge in [-0.25, -0.2) is 31.4 Å². The van der Waals surface area contributed by atoms with Crippen molar-refractivity contribution in [2.75, 3.05) is 13.1 Å². The number of amides is 1. The standard InChI is InChI=1S/C27H19F5N6O2/c28-17-3-4-20-25(24(17)32)37(27(40)34-20)15-5-8-36(9-6-15)26(39)21-12-22(14-2-1-7-33-13-14)38(35-21)16-10-18(29)23(31)19(30)11-16/h1-4,7,10-13,15H,5-6,8-9H2,(H,34,40). The average Bonchev–Trinajstić information content (AvgIpc) is 3.55. The Morgan fingerprint density at radius 3 is 2.33 bits per heavy atom. The highest BCUT2D eigenvalue weighted by molar-refractivity contribution is 5.93. The molecule has 0 spiro atoms. The lowest BCUT2D eigenvalue weighted by molar-refractivity contribution is 0.0688. The molecule has 0 aliphatic carbocycles. The number of aromatic nitrogens is 5. The van der Waals surface area contributed by atoms with Crippen molar-refractivity contribution in [2.45, 2.75) is 18.9 Å². The van der Waals surface area contributed by atoms with Crippen molar-refractivity contribution in [3.8, 4) is 16.9 Å². The third kappa shape index (κ3) is 4.23. The number of carbonyl (C=O) groups is 1. The van der Waals surface area contributed by atoms with Gasteiger partial charge in [0.25, 0.3) is 5.91 Å². The summed E-state index contributed by atoms with van der Waals surface area (Å²) in [6.07, 6.45) is 3.56. The van der Waals surface area contributed by atoms with E-state index in [1.165, 1.54) is 34.0 Å². The first-order valence-corrected chi connectivity index (χ1v) is 12.3. The van der Waals surface area contributed by atoms with E-state index in [9.17, 15) is 31.5 Å². The van der Waals surface area contributed by atoms with Crippen LogP contribution in [0.4, 0.5) is 22.0 Å². The van der Waals surface area contributed by atoms with Gasteiger partial charge in [0.1, 0.15) is 5.52 Å². The summed E-state index contributed by atoms with van der Waals surface area (Å²) in [5.74, 6) is -7.16. The molecule has 0 saturated carbocycles. The van der Waals surface area contributed by atoms with Crippen LogP contribution in [0.5, 0.6) is 0 Å². The molecule has 204 valence electrons. The lowest BCUT2D eigenvalue weighted by Gasteiger charge is -2.32. The van der Waals surface area contributed by atoms with Gasteiger partial charge in [0.2, 0.25) is 0 Å². The number of pyridine rings is 1. The fraction of sp³-hybridized carbons (Fsp3) is 0.185. The van der Waals surface area contributed by atoms with Crippen LogP contribution in [0.25, 0.3) is 28.0 Å². The van der Waals surface area contributed by atoms with Crippen molar-refractivity contribution in [3.63, 3.8) is 0 Å². The van der Waals surface area contributed by atoms with Gasteiger partial charge in [0.15, 0.2) is 34.8 Å². The van der Waals surface area contributed by atoms with E-state index in [1.807, 2.05) is 0 Å². The van der Waals surface area contributed by atoms with Crippen LogP contribution in [-0.2, 0) is 0 Å². The highest BCUT2D eigenvalue weighted by Crippen LogP contribution is 2.30. The van der Waals surface area contributed by atoms with E-state index in [-0.39, 0.29) is 48.3 Å². The molecule has 0 bridgehead atoms. The number of nitrogens with zero attached hydrogens (tertiary/aromatic N) is 5. The molecule has 2 aromatic carbocycles. The second-order valence-electron chi connectivity index (χ2n) is 9.37. The van der Waals surface area contributed by atoms with Gasteiger partial charge in [-0.15, -0.1) is 0 Å². The van der Waals surface area contributed by atoms with Crippen molar-refractivity contribution in [3.05, 3.63) is 100 Å². The zero-order valence-electron chi connectivity index (χ0n) is 20.5. The Bertz CT molecular complexity index is 1800. The predicted molar refractivity (Wildman–Crippen MR) is 133 cm³/mol. The van der Waals surface area contributed by atoms with Gasteiger partial charge in [0.05, 0.1) is 16.9 Å². The molecule has 4 heterocycles. The molecule has 1 aliphatic heterocycles. The van der Waals surface area contributed by atoms with Gasteiger partial charge in [-0.1, -0.05) is 0 Å². The minimum Gasteiger partial charge on any atom is -0.337 e. The number of halogens is 5. The molecular weight excluding hydrogens is 535 g/mol. The summed E-state index contributed by atoms with van der Waals surface area (Å²) < 4.78 is 72.4. The van der Waals surface area contributed by atoms with E-state index in [2.05, 4.69) is 15.1 Å². The molecule has 1 saturated heterocycles. The maximum absolute atomic E-state index is 14.5. The van der Waals surface area contributed by atoms with Gasteiger partial charge in [-0.2, -0.15) is 5.10 Å². The fourth-order valence-electron chi connectivity index (χ4n) is 5.06. The lowest BCUT2D eigenvalue weighted by Crippen LogP contribution is -2.40. The third-order valence-corrected chi connectivity index (χ3v) is 6.99. The summed E-state index contributed by atoms with van der Waals surface area (Å²) in [5.41, 5.74) is 0.0343. The van der Waals surface area contributed by atoms with Crippen LogP contribution < -0.4 is 5.69 Å². The number of fused-ring (bicyclic) bond motifs is 1. The Balaban J connectivity index is 1.30. The zero-order valence-corrected chi connectivity index (χ0v) is 20.5. The molecule has 0 unspecified atom stereocenters. The molecule has 5 aromatic rings. The molecule has 40 heavy (non-hydrogen) atoms. The Labute approximate surface area is 222 Å². The van der Waals surface area contributed by atoms with Crippen LogP contribution in [0.3, 0.4) is 0 Å². The average molecular weight is 554 g/mol. The molecule has 1 fully saturated rings. The topological polar surface area (TPSA) is 88.8 Å². The number of piperidine rings is 1. The van der Waals surface area contributed by atoms with Crippen LogP contribution in [0, 0.1) is 29.1 Å². The first-order valence-electron chi connectivity index (χ1n) is 12.3. The van der Waals surface area contributed by atoms with Crippen LogP contribution in [-0.4, -0.2) is 48.2 Å². The summed E-state index contributed by atoms with van der Waals surface area (Å²) in [4.78, 5) is 34.0. The summed E-state index contributed by atoms with van der Waals surface area (Å²) in [6, 6.07) is 8.01. The normalized spacial score (nSPS) is 14.3. The lowest BCUT2D eigenvalue weighted by atomic mass is 10.0. The van der Waals surface area contributed by atoms with Crippen molar-refractivity contribution in [1.29, 1.82) is 0 Å². The smallest absolute Gasteiger partial charge is 0.326 e. The van der Waals surface area contributed by atoms with E-state index < -0.39 is 46.7 Å². The predicted octanol–water partition coefficient (Wildman–Crippen LogP) is 4.75. The van der Waals surface area contributed by atoms with Gasteiger partial charge in [-0.3, -0.25) is 14.3 Å². The number of rotatable bonds is 4. The van der Waals surface area contributed by atoms with Crippen LogP contribution in [0.2, 0.25) is 0 Å². The van der Waals surface area contributed by atoms with Crippen LogP contribution in [0.15, 0.2) is 59.7 Å². The van der Waals surface area contributed by atoms with Gasteiger partial charge in [0, 0.05) is 49.2 Å². The number of H-pyrrole nitrogens is 1. The molecule has 8 nitrogen and oxygen atoms in total. The molecule has 1 N–H and O–H groups in total. The number of benzene rings is 2. The first-order chi connectivity index (χ1) is 19.2. The maximum atomic E-state index is 14.5. The molecule has 6 rings (SSSR count). The summed E-state index contributed by atoms with van der Waals surface area (Å²) in [7, 11) is 0. The number of nitrogens with one attached hydrogen (secondary N) is 1. The molecule has 13 heteroatoms. The molecule has 0 atom stereocenters. The van der Waals surface area contributed by atoms with Crippen molar-refractivity contribution in [1.82, 2.24) is 29.2 Å². The molecule has 0 radical (unpaired) electrons. The van der Waals surface area contributed by atoms with E-state index in [1.54, 1.807) is 12.1 Å². The number of aromatic amines is 1. The van der Waals surface area contributed by atoms with E-state index in [0.29, 0.717) is 11.3 Å². The largest absolute Gasteiger partial charge is 0.337 e. The van der Waals surface area contributed by atoms with E-state index >= 15 is 0 Å². The first kappa shape index (κ1) is 25.5. The van der Waals surface area contributed by atoms with E-state index in [4.69, 9.17) is 0 Å². The highest BCUT2D eigenvalue weighted by atomic mass is 19.2. The number of hydrogen-bond donors (Lipinski definition) is 1. The van der Waals surface area contributed by atoms with Crippen molar-refractivity contribution >= 4 is 16.9 Å². The Morgan fingerprint density at radius 1 is 0.925 bits per heavy atom. The monoisotopic (exact) mass is 554 g/mol. The minimum atomic E-state index is -1.63. The Morgan fingerprint density at radius 2 is 1.65 bits per heavy atom. The zero-order chi connectivity index (χ0) is 28.1. The minimum absolute atomic E-state index is 0.0418. The molecular formula is C27H19F5N6O2. The molecule has 1 amide bonds. The molecule has 3 aromatic heterocycles. The summed E-state index contributed by atoms with van der Waals surface area (Å²) in [5, 5.41) is 4.28. The SMILES string of the molecule is O=C(c1cc(-c2cccnc2)n(-c2cc(F)c(F)c(F)c2)n1)N1CCC(n2c(=O)[nH]c3ccc(F)c(F)c32)CC1. The number of imidazole rings is 1. The number of carbonyl (C=O) groups excluding carboxylic acids is 1. The highest BCUT2D eigenvalue weighted by Gasteiger charge is 2.30. The quantitative estimate of drug-likeness (QED) is 0.257. The Hall–Kier alpha value is -4.81. The Kier molecular flexibility index (Phi) is 6.20. The second-order valence-corrected chi connectivity index (χ2v) is 9.37. The maximum Gasteiger partial charge on any atom is 0.326 e. The van der Waals surface area contributed by atoms with Crippen LogP contribution in [0.1, 0.15) is 29.4 Å². The fourth-order valence-corrected chi connectivity index (χ4v) is 5.06. The van der Waals surface area contributed by atoms with E-state index in [0.717, 1.165) is 22.9 Å².